The molecular formula is C14H21N3O2S. The number of carbonyl (C=O) groups is 1. The van der Waals surface area contributed by atoms with E-state index in [-0.39, 0.29) is 18.1 Å². The Labute approximate surface area is 123 Å². The summed E-state index contributed by atoms with van der Waals surface area (Å²) in [7, 11) is 0. The molecule has 2 aliphatic rings. The average molecular weight is 295 g/mol. The Kier molecular flexibility index (Phi) is 3.69. The summed E-state index contributed by atoms with van der Waals surface area (Å²) in [5, 5.41) is 3.18. The SMILES string of the molecule is Cc1csc(N2CCN([C@@H]3C[C@@H](C)OC3=O)C[C@H]2C)n1. The summed E-state index contributed by atoms with van der Waals surface area (Å²) < 4.78 is 5.27. The molecule has 2 aliphatic heterocycles. The van der Waals surface area contributed by atoms with Crippen LogP contribution in [0.2, 0.25) is 0 Å². The fraction of sp³-hybridized carbons (Fsp3) is 0.714. The Bertz CT molecular complexity index is 504. The van der Waals surface area contributed by atoms with Crippen LogP contribution in [-0.4, -0.2) is 53.7 Å². The van der Waals surface area contributed by atoms with Crippen molar-refractivity contribution < 1.29 is 9.53 Å². The second kappa shape index (κ2) is 5.33. The Balaban J connectivity index is 1.66. The summed E-state index contributed by atoms with van der Waals surface area (Å²) in [4.78, 5) is 21.0. The number of carbonyl (C=O) groups excluding carboxylic acids is 1. The lowest BCUT2D eigenvalue weighted by molar-refractivity contribution is -0.145. The van der Waals surface area contributed by atoms with E-state index in [0.717, 1.165) is 36.9 Å². The lowest BCUT2D eigenvalue weighted by Crippen LogP contribution is -2.56. The fourth-order valence-electron chi connectivity index (χ4n) is 3.06. The van der Waals surface area contributed by atoms with Crippen molar-refractivity contribution in [3.05, 3.63) is 11.1 Å². The summed E-state index contributed by atoms with van der Waals surface area (Å²) in [6, 6.07) is 0.325. The van der Waals surface area contributed by atoms with E-state index in [1.54, 1.807) is 11.3 Å². The lowest BCUT2D eigenvalue weighted by atomic mass is 10.1. The smallest absolute Gasteiger partial charge is 0.323 e. The number of esters is 1. The number of thiazole rings is 1. The molecule has 110 valence electrons. The van der Waals surface area contributed by atoms with Crippen molar-refractivity contribution in [3.8, 4) is 0 Å². The number of hydrogen-bond donors (Lipinski definition) is 0. The van der Waals surface area contributed by atoms with E-state index in [9.17, 15) is 4.79 Å². The van der Waals surface area contributed by atoms with Crippen LogP contribution in [0.25, 0.3) is 0 Å². The number of hydrogen-bond acceptors (Lipinski definition) is 6. The predicted octanol–water partition coefficient (Wildman–Crippen LogP) is 1.67. The van der Waals surface area contributed by atoms with Gasteiger partial charge >= 0.3 is 5.97 Å². The van der Waals surface area contributed by atoms with Gasteiger partial charge < -0.3 is 9.64 Å². The second-order valence-corrected chi connectivity index (χ2v) is 6.64. The summed E-state index contributed by atoms with van der Waals surface area (Å²) in [6.07, 6.45) is 0.879. The molecule has 0 spiro atoms. The van der Waals surface area contributed by atoms with Gasteiger partial charge in [-0.1, -0.05) is 0 Å². The van der Waals surface area contributed by atoms with Gasteiger partial charge in [-0.15, -0.1) is 11.3 Å². The zero-order valence-corrected chi connectivity index (χ0v) is 13.0. The topological polar surface area (TPSA) is 45.7 Å². The highest BCUT2D eigenvalue weighted by Gasteiger charge is 2.39. The molecule has 0 aromatic carbocycles. The number of rotatable bonds is 2. The molecule has 0 amide bonds. The third-order valence-corrected chi connectivity index (χ3v) is 5.09. The molecule has 3 atom stereocenters. The minimum Gasteiger partial charge on any atom is -0.461 e. The molecule has 5 nitrogen and oxygen atoms in total. The van der Waals surface area contributed by atoms with E-state index in [1.807, 2.05) is 13.8 Å². The van der Waals surface area contributed by atoms with E-state index in [1.165, 1.54) is 0 Å². The molecule has 3 rings (SSSR count). The molecule has 0 unspecified atom stereocenters. The van der Waals surface area contributed by atoms with Crippen molar-refractivity contribution in [2.75, 3.05) is 24.5 Å². The molecule has 0 aliphatic carbocycles. The first-order valence-corrected chi connectivity index (χ1v) is 8.06. The standard InChI is InChI=1S/C14H21N3O2S/c1-9-8-20-14(15-9)17-5-4-16(7-10(17)2)12-6-11(3)19-13(12)18/h8,10-12H,4-7H2,1-3H3/t10-,11-,12-/m1/s1. The van der Waals surface area contributed by atoms with Gasteiger partial charge in [0.25, 0.3) is 0 Å². The van der Waals surface area contributed by atoms with E-state index >= 15 is 0 Å². The van der Waals surface area contributed by atoms with Gasteiger partial charge in [-0.25, -0.2) is 4.98 Å². The van der Waals surface area contributed by atoms with Gasteiger partial charge in [-0.05, 0) is 20.8 Å². The Morgan fingerprint density at radius 1 is 1.40 bits per heavy atom. The van der Waals surface area contributed by atoms with Crippen molar-refractivity contribution in [3.63, 3.8) is 0 Å². The Hall–Kier alpha value is -1.14. The number of nitrogens with zero attached hydrogens (tertiary/aromatic N) is 3. The molecule has 6 heteroatoms. The van der Waals surface area contributed by atoms with Crippen LogP contribution in [0, 0.1) is 6.92 Å². The van der Waals surface area contributed by atoms with Crippen molar-refractivity contribution in [1.82, 2.24) is 9.88 Å². The van der Waals surface area contributed by atoms with Crippen LogP contribution >= 0.6 is 11.3 Å². The minimum absolute atomic E-state index is 0.0485. The normalized spacial score (nSPS) is 31.6. The van der Waals surface area contributed by atoms with Crippen LogP contribution in [0.4, 0.5) is 5.13 Å². The van der Waals surface area contributed by atoms with E-state index in [2.05, 4.69) is 27.1 Å². The fourth-order valence-corrected chi connectivity index (χ4v) is 3.99. The van der Waals surface area contributed by atoms with Crippen LogP contribution in [0.15, 0.2) is 5.38 Å². The highest BCUT2D eigenvalue weighted by Crippen LogP contribution is 2.27. The maximum Gasteiger partial charge on any atom is 0.323 e. The molecule has 2 saturated heterocycles. The van der Waals surface area contributed by atoms with Crippen molar-refractivity contribution >= 4 is 22.4 Å². The van der Waals surface area contributed by atoms with Gasteiger partial charge in [0.05, 0.1) is 5.69 Å². The second-order valence-electron chi connectivity index (χ2n) is 5.81. The Morgan fingerprint density at radius 2 is 2.20 bits per heavy atom. The zero-order valence-electron chi connectivity index (χ0n) is 12.2. The number of aromatic nitrogens is 1. The van der Waals surface area contributed by atoms with Crippen LogP contribution in [0.5, 0.6) is 0 Å². The third kappa shape index (κ3) is 2.54. The van der Waals surface area contributed by atoms with Crippen molar-refractivity contribution in [2.24, 2.45) is 0 Å². The summed E-state index contributed by atoms with van der Waals surface area (Å²) in [5.41, 5.74) is 1.08. The largest absolute Gasteiger partial charge is 0.461 e. The van der Waals surface area contributed by atoms with E-state index in [4.69, 9.17) is 4.74 Å². The van der Waals surface area contributed by atoms with Crippen LogP contribution in [0.3, 0.4) is 0 Å². The number of anilines is 1. The number of piperazine rings is 1. The molecule has 1 aromatic rings. The van der Waals surface area contributed by atoms with Crippen LogP contribution in [-0.2, 0) is 9.53 Å². The van der Waals surface area contributed by atoms with Gasteiger partial charge in [0.15, 0.2) is 5.13 Å². The van der Waals surface area contributed by atoms with Crippen molar-refractivity contribution in [2.45, 2.75) is 45.4 Å². The maximum absolute atomic E-state index is 11.9. The van der Waals surface area contributed by atoms with Gasteiger partial charge in [0.1, 0.15) is 12.1 Å². The van der Waals surface area contributed by atoms with Crippen LogP contribution in [0.1, 0.15) is 26.0 Å². The van der Waals surface area contributed by atoms with E-state index in [0.29, 0.717) is 6.04 Å². The minimum atomic E-state index is -0.0526. The molecule has 2 fully saturated rings. The van der Waals surface area contributed by atoms with Gasteiger partial charge in [0.2, 0.25) is 0 Å². The highest BCUT2D eigenvalue weighted by molar-refractivity contribution is 7.13. The molecule has 20 heavy (non-hydrogen) atoms. The molecule has 0 bridgehead atoms. The molecule has 0 N–H and O–H groups in total. The average Bonchev–Trinajstić information content (AvgIpc) is 2.95. The molecule has 0 saturated carbocycles. The third-order valence-electron chi connectivity index (χ3n) is 4.10. The predicted molar refractivity (Wildman–Crippen MR) is 79.2 cm³/mol. The number of ether oxygens (including phenoxy) is 1. The summed E-state index contributed by atoms with van der Waals surface area (Å²) in [6.45, 7) is 8.91. The number of aryl methyl sites for hydroxylation is 1. The quantitative estimate of drug-likeness (QED) is 0.777. The summed E-state index contributed by atoms with van der Waals surface area (Å²) in [5.74, 6) is -0.0526. The molecule has 0 radical (unpaired) electrons. The first kappa shape index (κ1) is 13.8. The van der Waals surface area contributed by atoms with E-state index < -0.39 is 0 Å². The first-order chi connectivity index (χ1) is 9.54. The van der Waals surface area contributed by atoms with Crippen molar-refractivity contribution in [1.29, 1.82) is 0 Å². The molecule has 3 heterocycles. The summed E-state index contributed by atoms with van der Waals surface area (Å²) >= 11 is 1.70. The maximum atomic E-state index is 11.9. The zero-order chi connectivity index (χ0) is 14.3. The highest BCUT2D eigenvalue weighted by atomic mass is 32.1. The molecule has 1 aromatic heterocycles. The monoisotopic (exact) mass is 295 g/mol. The molecular weight excluding hydrogens is 274 g/mol. The lowest BCUT2D eigenvalue weighted by Gasteiger charge is -2.41. The van der Waals surface area contributed by atoms with Crippen LogP contribution < -0.4 is 4.90 Å². The van der Waals surface area contributed by atoms with Gasteiger partial charge in [0, 0.05) is 37.5 Å². The first-order valence-electron chi connectivity index (χ1n) is 7.18. The number of cyclic esters (lactones) is 1. The van der Waals surface area contributed by atoms with Gasteiger partial charge in [-0.2, -0.15) is 0 Å². The Morgan fingerprint density at radius 3 is 2.75 bits per heavy atom. The van der Waals surface area contributed by atoms with Gasteiger partial charge in [-0.3, -0.25) is 9.69 Å².